The number of nitriles is 1. The molecule has 0 saturated carbocycles. The molecular weight excluding hydrogens is 443 g/mol. The van der Waals surface area contributed by atoms with Gasteiger partial charge in [0.15, 0.2) is 0 Å². The minimum atomic E-state index is -3.76. The van der Waals surface area contributed by atoms with Crippen LogP contribution in [0.1, 0.15) is 24.0 Å². The van der Waals surface area contributed by atoms with Gasteiger partial charge in [-0.1, -0.05) is 12.1 Å². The van der Waals surface area contributed by atoms with Gasteiger partial charge in [-0.25, -0.2) is 12.8 Å². The first-order chi connectivity index (χ1) is 15.9. The molecule has 1 amide bonds. The molecule has 2 aromatic rings. The summed E-state index contributed by atoms with van der Waals surface area (Å²) in [5.41, 5.74) is 1.76. The summed E-state index contributed by atoms with van der Waals surface area (Å²) >= 11 is 0. The molecule has 7 nitrogen and oxygen atoms in total. The van der Waals surface area contributed by atoms with Crippen LogP contribution in [0.4, 0.5) is 4.39 Å². The average Bonchev–Trinajstić information content (AvgIpc) is 2.85. The number of benzene rings is 2. The zero-order chi connectivity index (χ0) is 23.4. The molecule has 4 rings (SSSR count). The van der Waals surface area contributed by atoms with Crippen molar-refractivity contribution in [2.24, 2.45) is 5.92 Å². The van der Waals surface area contributed by atoms with Crippen LogP contribution in [0.5, 0.6) is 0 Å². The molecule has 2 aliphatic rings. The molecule has 0 spiro atoms. The SMILES string of the molecule is N#Cc1ccc(CN2CCN(C(=O)C3CCCN(S(=O)(=O)c4ccc(F)cc4)C3)CC2)cc1. The van der Waals surface area contributed by atoms with Gasteiger partial charge < -0.3 is 4.90 Å². The number of hydrogen-bond acceptors (Lipinski definition) is 5. The second kappa shape index (κ2) is 10.00. The third kappa shape index (κ3) is 5.41. The smallest absolute Gasteiger partial charge is 0.243 e. The van der Waals surface area contributed by atoms with Crippen molar-refractivity contribution in [1.82, 2.24) is 14.1 Å². The average molecular weight is 471 g/mol. The van der Waals surface area contributed by atoms with Gasteiger partial charge in [-0.2, -0.15) is 9.57 Å². The Morgan fingerprint density at radius 2 is 1.67 bits per heavy atom. The van der Waals surface area contributed by atoms with Crippen molar-refractivity contribution >= 4 is 15.9 Å². The van der Waals surface area contributed by atoms with Crippen LogP contribution in [-0.2, 0) is 21.4 Å². The number of rotatable bonds is 5. The van der Waals surface area contributed by atoms with Crippen molar-refractivity contribution in [1.29, 1.82) is 5.26 Å². The minimum Gasteiger partial charge on any atom is -0.340 e. The van der Waals surface area contributed by atoms with E-state index < -0.39 is 15.8 Å². The molecule has 2 saturated heterocycles. The van der Waals surface area contributed by atoms with Crippen molar-refractivity contribution in [3.8, 4) is 6.07 Å². The topological polar surface area (TPSA) is 84.7 Å². The standard InChI is InChI=1S/C24H27FN4O3S/c25-22-7-9-23(10-8-22)33(31,32)29-11-1-2-21(18-29)24(30)28-14-12-27(13-15-28)17-20-5-3-19(16-26)4-6-20/h3-10,21H,1-2,11-15,17-18H2. The second-order valence-electron chi connectivity index (χ2n) is 8.57. The van der Waals surface area contributed by atoms with Crippen LogP contribution in [0.3, 0.4) is 0 Å². The van der Waals surface area contributed by atoms with E-state index in [0.29, 0.717) is 38.0 Å². The quantitative estimate of drug-likeness (QED) is 0.670. The number of sulfonamides is 1. The Kier molecular flexibility index (Phi) is 7.08. The fourth-order valence-corrected chi connectivity index (χ4v) is 5.97. The molecule has 0 aliphatic carbocycles. The highest BCUT2D eigenvalue weighted by molar-refractivity contribution is 7.89. The molecule has 174 valence electrons. The third-order valence-corrected chi connectivity index (χ3v) is 8.24. The number of amides is 1. The lowest BCUT2D eigenvalue weighted by Crippen LogP contribution is -2.52. The number of carbonyl (C=O) groups excluding carboxylic acids is 1. The highest BCUT2D eigenvalue weighted by atomic mass is 32.2. The normalized spacial score (nSPS) is 20.4. The molecule has 2 heterocycles. The van der Waals surface area contributed by atoms with Crippen molar-refractivity contribution in [3.63, 3.8) is 0 Å². The van der Waals surface area contributed by atoms with E-state index in [4.69, 9.17) is 5.26 Å². The van der Waals surface area contributed by atoms with Crippen molar-refractivity contribution in [2.45, 2.75) is 24.3 Å². The summed E-state index contributed by atoms with van der Waals surface area (Å²) in [6, 6.07) is 14.4. The zero-order valence-electron chi connectivity index (χ0n) is 18.4. The summed E-state index contributed by atoms with van der Waals surface area (Å²) in [6.07, 6.45) is 1.29. The molecule has 0 bridgehead atoms. The fourth-order valence-electron chi connectivity index (χ4n) is 4.45. The largest absolute Gasteiger partial charge is 0.340 e. The van der Waals surface area contributed by atoms with Gasteiger partial charge in [0.1, 0.15) is 5.82 Å². The molecule has 9 heteroatoms. The van der Waals surface area contributed by atoms with Crippen LogP contribution in [-0.4, -0.2) is 67.7 Å². The molecule has 33 heavy (non-hydrogen) atoms. The van der Waals surface area contributed by atoms with E-state index >= 15 is 0 Å². The summed E-state index contributed by atoms with van der Waals surface area (Å²) in [6.45, 7) is 3.99. The Bertz CT molecular complexity index is 1120. The second-order valence-corrected chi connectivity index (χ2v) is 10.5. The minimum absolute atomic E-state index is 0.00651. The predicted molar refractivity (Wildman–Crippen MR) is 121 cm³/mol. The summed E-state index contributed by atoms with van der Waals surface area (Å²) in [7, 11) is -3.76. The van der Waals surface area contributed by atoms with Crippen molar-refractivity contribution in [2.75, 3.05) is 39.3 Å². The van der Waals surface area contributed by atoms with Crippen LogP contribution in [0.2, 0.25) is 0 Å². The van der Waals surface area contributed by atoms with Crippen LogP contribution >= 0.6 is 0 Å². The van der Waals surface area contributed by atoms with E-state index in [2.05, 4.69) is 11.0 Å². The zero-order valence-corrected chi connectivity index (χ0v) is 19.2. The molecular formula is C24H27FN4O3S. The van der Waals surface area contributed by atoms with E-state index in [1.165, 1.54) is 16.4 Å². The molecule has 0 N–H and O–H groups in total. The molecule has 2 aliphatic heterocycles. The Balaban J connectivity index is 1.32. The summed E-state index contributed by atoms with van der Waals surface area (Å²) in [5.74, 6) is -0.843. The first-order valence-electron chi connectivity index (χ1n) is 11.1. The summed E-state index contributed by atoms with van der Waals surface area (Å²) in [4.78, 5) is 17.3. The van der Waals surface area contributed by atoms with Crippen molar-refractivity contribution < 1.29 is 17.6 Å². The summed E-state index contributed by atoms with van der Waals surface area (Å²) in [5, 5.41) is 8.92. The van der Waals surface area contributed by atoms with Crippen LogP contribution in [0.15, 0.2) is 53.4 Å². The summed E-state index contributed by atoms with van der Waals surface area (Å²) < 4.78 is 40.5. The number of nitrogens with zero attached hydrogens (tertiary/aromatic N) is 4. The predicted octanol–water partition coefficient (Wildman–Crippen LogP) is 2.44. The Morgan fingerprint density at radius 1 is 1.00 bits per heavy atom. The molecule has 0 aromatic heterocycles. The van der Waals surface area contributed by atoms with Gasteiger partial charge in [-0.05, 0) is 54.8 Å². The highest BCUT2D eigenvalue weighted by Crippen LogP contribution is 2.25. The van der Waals surface area contributed by atoms with Gasteiger partial charge in [0.25, 0.3) is 0 Å². The maximum atomic E-state index is 13.2. The lowest BCUT2D eigenvalue weighted by Gasteiger charge is -2.38. The Morgan fingerprint density at radius 3 is 2.30 bits per heavy atom. The fraction of sp³-hybridized carbons (Fsp3) is 0.417. The molecule has 2 aromatic carbocycles. The van der Waals surface area contributed by atoms with E-state index in [9.17, 15) is 17.6 Å². The molecule has 1 unspecified atom stereocenters. The highest BCUT2D eigenvalue weighted by Gasteiger charge is 2.35. The lowest BCUT2D eigenvalue weighted by molar-refractivity contribution is -0.138. The molecule has 1 atom stereocenters. The Labute approximate surface area is 194 Å². The molecule has 2 fully saturated rings. The number of piperidine rings is 1. The van der Waals surface area contributed by atoms with Gasteiger partial charge >= 0.3 is 0 Å². The maximum Gasteiger partial charge on any atom is 0.243 e. The Hall–Kier alpha value is -2.80. The van der Waals surface area contributed by atoms with Gasteiger partial charge in [0, 0.05) is 45.8 Å². The molecule has 0 radical (unpaired) electrons. The van der Waals surface area contributed by atoms with Gasteiger partial charge in [-0.15, -0.1) is 0 Å². The number of piperazine rings is 1. The maximum absolute atomic E-state index is 13.2. The van der Waals surface area contributed by atoms with Crippen LogP contribution in [0, 0.1) is 23.1 Å². The van der Waals surface area contributed by atoms with E-state index in [-0.39, 0.29) is 23.3 Å². The van der Waals surface area contributed by atoms with Gasteiger partial charge in [0.05, 0.1) is 22.4 Å². The van der Waals surface area contributed by atoms with E-state index in [1.54, 1.807) is 0 Å². The van der Waals surface area contributed by atoms with Gasteiger partial charge in [0.2, 0.25) is 15.9 Å². The first-order valence-corrected chi connectivity index (χ1v) is 12.6. The number of hydrogen-bond donors (Lipinski definition) is 0. The van der Waals surface area contributed by atoms with Crippen molar-refractivity contribution in [3.05, 3.63) is 65.5 Å². The number of halogens is 1. The first kappa shape index (κ1) is 23.4. The monoisotopic (exact) mass is 470 g/mol. The van der Waals surface area contributed by atoms with Crippen LogP contribution in [0.25, 0.3) is 0 Å². The lowest BCUT2D eigenvalue weighted by atomic mass is 9.97. The van der Waals surface area contributed by atoms with E-state index in [0.717, 1.165) is 37.3 Å². The third-order valence-electron chi connectivity index (χ3n) is 6.36. The van der Waals surface area contributed by atoms with E-state index in [1.807, 2.05) is 29.2 Å². The van der Waals surface area contributed by atoms with Gasteiger partial charge in [-0.3, -0.25) is 9.69 Å². The van der Waals surface area contributed by atoms with Crippen LogP contribution < -0.4 is 0 Å². The number of carbonyl (C=O) groups is 1.